The summed E-state index contributed by atoms with van der Waals surface area (Å²) in [6.45, 7) is 5.67. The predicted octanol–water partition coefficient (Wildman–Crippen LogP) is 1.22. The second-order valence-corrected chi connectivity index (χ2v) is 6.16. The van der Waals surface area contributed by atoms with Crippen molar-refractivity contribution in [2.24, 2.45) is 7.05 Å². The molecule has 4 aromatic rings. The molecule has 132 valence electrons. The Morgan fingerprint density at radius 1 is 1.27 bits per heavy atom. The number of fused-ring (bicyclic) bond motifs is 3. The molecule has 1 aromatic carbocycles. The summed E-state index contributed by atoms with van der Waals surface area (Å²) >= 11 is 0. The first-order valence-corrected chi connectivity index (χ1v) is 8.11. The predicted molar refractivity (Wildman–Crippen MR) is 101 cm³/mol. The number of nitrogen functional groups attached to an aromatic ring is 1. The highest BCUT2D eigenvalue weighted by Crippen LogP contribution is 2.24. The van der Waals surface area contributed by atoms with Gasteiger partial charge in [-0.05, 0) is 19.1 Å². The van der Waals surface area contributed by atoms with Crippen molar-refractivity contribution in [1.29, 1.82) is 0 Å². The van der Waals surface area contributed by atoms with Crippen LogP contribution in [0, 0.1) is 6.92 Å². The number of para-hydroxylation sites is 2. The monoisotopic (exact) mass is 350 g/mol. The van der Waals surface area contributed by atoms with Gasteiger partial charge in [0, 0.05) is 25.5 Å². The first-order chi connectivity index (χ1) is 12.5. The van der Waals surface area contributed by atoms with Gasteiger partial charge in [0.15, 0.2) is 11.2 Å². The molecule has 0 spiro atoms. The van der Waals surface area contributed by atoms with E-state index >= 15 is 0 Å². The number of aryl methyl sites for hydroxylation is 2. The van der Waals surface area contributed by atoms with Gasteiger partial charge in [-0.2, -0.15) is 4.98 Å². The van der Waals surface area contributed by atoms with Gasteiger partial charge in [-0.1, -0.05) is 18.2 Å². The van der Waals surface area contributed by atoms with Gasteiger partial charge in [-0.3, -0.25) is 22.9 Å². The molecular weight excluding hydrogens is 332 g/mol. The molecule has 0 saturated carbocycles. The molecule has 0 aliphatic rings. The Morgan fingerprint density at radius 3 is 2.69 bits per heavy atom. The van der Waals surface area contributed by atoms with Crippen LogP contribution in [-0.4, -0.2) is 23.1 Å². The summed E-state index contributed by atoms with van der Waals surface area (Å²) < 4.78 is 6.10. The second-order valence-electron chi connectivity index (χ2n) is 6.16. The van der Waals surface area contributed by atoms with E-state index in [1.54, 1.807) is 17.5 Å². The smallest absolute Gasteiger partial charge is 0.332 e. The van der Waals surface area contributed by atoms with Crippen LogP contribution in [0.25, 0.3) is 22.6 Å². The van der Waals surface area contributed by atoms with Gasteiger partial charge in [0.1, 0.15) is 0 Å². The van der Waals surface area contributed by atoms with Gasteiger partial charge in [0.25, 0.3) is 5.56 Å². The Kier molecular flexibility index (Phi) is 3.36. The molecule has 0 saturated heterocycles. The highest BCUT2D eigenvalue weighted by Gasteiger charge is 2.20. The SMILES string of the molecule is C=CCn1c(=O)c2c(nc3n(-c4ccccc4N)c(C)cn23)n(C)c1=O. The number of anilines is 1. The number of imidazole rings is 2. The van der Waals surface area contributed by atoms with Crippen molar-refractivity contribution in [2.75, 3.05) is 5.73 Å². The van der Waals surface area contributed by atoms with Crippen LogP contribution in [-0.2, 0) is 13.6 Å². The van der Waals surface area contributed by atoms with Crippen LogP contribution in [0.4, 0.5) is 5.69 Å². The number of rotatable bonds is 3. The van der Waals surface area contributed by atoms with Crippen LogP contribution in [0.15, 0.2) is 52.7 Å². The quantitative estimate of drug-likeness (QED) is 0.444. The molecular formula is C18H18N6O2. The highest BCUT2D eigenvalue weighted by molar-refractivity contribution is 5.77. The molecule has 8 nitrogen and oxygen atoms in total. The van der Waals surface area contributed by atoms with Crippen LogP contribution in [0.3, 0.4) is 0 Å². The number of aromatic nitrogens is 5. The van der Waals surface area contributed by atoms with Crippen LogP contribution in [0.5, 0.6) is 0 Å². The number of hydrogen-bond donors (Lipinski definition) is 1. The zero-order valence-electron chi connectivity index (χ0n) is 14.5. The highest BCUT2D eigenvalue weighted by atomic mass is 16.2. The average molecular weight is 350 g/mol. The van der Waals surface area contributed by atoms with E-state index in [2.05, 4.69) is 11.6 Å². The van der Waals surface area contributed by atoms with E-state index in [0.29, 0.717) is 22.6 Å². The summed E-state index contributed by atoms with van der Waals surface area (Å²) in [5, 5.41) is 0. The van der Waals surface area contributed by atoms with Gasteiger partial charge in [0.2, 0.25) is 5.78 Å². The van der Waals surface area contributed by atoms with E-state index in [9.17, 15) is 9.59 Å². The summed E-state index contributed by atoms with van der Waals surface area (Å²) in [5.41, 5.74) is 8.22. The molecule has 0 fully saturated rings. The third kappa shape index (κ3) is 1.98. The summed E-state index contributed by atoms with van der Waals surface area (Å²) in [6, 6.07) is 7.43. The standard InChI is InChI=1S/C18H18N6O2/c1-4-9-22-16(25)14-15(21(3)18(22)26)20-17-23(14)10-11(2)24(17)13-8-6-5-7-12(13)19/h4-8,10H,1,9,19H2,2-3H3. The van der Waals surface area contributed by atoms with E-state index in [1.165, 1.54) is 10.6 Å². The summed E-state index contributed by atoms with van der Waals surface area (Å²) in [4.78, 5) is 29.9. The number of allylic oxidation sites excluding steroid dienone is 1. The molecule has 3 aromatic heterocycles. The van der Waals surface area contributed by atoms with Gasteiger partial charge in [-0.25, -0.2) is 4.79 Å². The molecule has 4 rings (SSSR count). The topological polar surface area (TPSA) is 92.2 Å². The number of nitrogens with zero attached hydrogens (tertiary/aromatic N) is 5. The Morgan fingerprint density at radius 2 is 2.00 bits per heavy atom. The van der Waals surface area contributed by atoms with Crippen molar-refractivity contribution >= 4 is 22.6 Å². The molecule has 0 aliphatic heterocycles. The van der Waals surface area contributed by atoms with E-state index in [4.69, 9.17) is 5.73 Å². The van der Waals surface area contributed by atoms with Crippen LogP contribution in [0.2, 0.25) is 0 Å². The molecule has 0 unspecified atom stereocenters. The minimum atomic E-state index is -0.425. The van der Waals surface area contributed by atoms with Gasteiger partial charge in [-0.15, -0.1) is 6.58 Å². The molecule has 0 bridgehead atoms. The lowest BCUT2D eigenvalue weighted by Gasteiger charge is -2.08. The first-order valence-electron chi connectivity index (χ1n) is 8.11. The third-order valence-corrected chi connectivity index (χ3v) is 4.52. The lowest BCUT2D eigenvalue weighted by atomic mass is 10.2. The van der Waals surface area contributed by atoms with Gasteiger partial charge in [0.05, 0.1) is 11.4 Å². The summed E-state index contributed by atoms with van der Waals surface area (Å²) in [5.74, 6) is 0.527. The largest absolute Gasteiger partial charge is 0.397 e. The van der Waals surface area contributed by atoms with E-state index in [-0.39, 0.29) is 6.54 Å². The van der Waals surface area contributed by atoms with Gasteiger partial charge >= 0.3 is 5.69 Å². The number of benzene rings is 1. The lowest BCUT2D eigenvalue weighted by Crippen LogP contribution is -2.39. The van der Waals surface area contributed by atoms with Gasteiger partial charge < -0.3 is 5.73 Å². The molecule has 3 heterocycles. The number of hydrogen-bond acceptors (Lipinski definition) is 4. The van der Waals surface area contributed by atoms with Crippen LogP contribution in [0.1, 0.15) is 5.69 Å². The zero-order valence-corrected chi connectivity index (χ0v) is 14.5. The molecule has 0 aliphatic carbocycles. The lowest BCUT2D eigenvalue weighted by molar-refractivity contribution is 0.667. The minimum Gasteiger partial charge on any atom is -0.397 e. The fraction of sp³-hybridized carbons (Fsp3) is 0.167. The molecule has 0 atom stereocenters. The Labute approximate surface area is 148 Å². The number of nitrogens with two attached hydrogens (primary N) is 1. The maximum absolute atomic E-state index is 12.9. The second kappa shape index (κ2) is 5.48. The van der Waals surface area contributed by atoms with Crippen LogP contribution < -0.4 is 17.0 Å². The average Bonchev–Trinajstić information content (AvgIpc) is 3.12. The molecule has 2 N–H and O–H groups in total. The van der Waals surface area contributed by atoms with Crippen molar-refractivity contribution in [3.63, 3.8) is 0 Å². The Balaban J connectivity index is 2.19. The molecule has 0 radical (unpaired) electrons. The van der Waals surface area contributed by atoms with Crippen molar-refractivity contribution < 1.29 is 0 Å². The summed E-state index contributed by atoms with van der Waals surface area (Å²) in [7, 11) is 1.60. The first kappa shape index (κ1) is 15.9. The maximum atomic E-state index is 12.9. The van der Waals surface area contributed by atoms with E-state index in [0.717, 1.165) is 15.9 Å². The third-order valence-electron chi connectivity index (χ3n) is 4.52. The zero-order chi connectivity index (χ0) is 18.6. The van der Waals surface area contributed by atoms with Crippen LogP contribution >= 0.6 is 0 Å². The van der Waals surface area contributed by atoms with E-state index < -0.39 is 11.2 Å². The van der Waals surface area contributed by atoms with Crippen molar-refractivity contribution in [1.82, 2.24) is 23.1 Å². The van der Waals surface area contributed by atoms with Crippen molar-refractivity contribution in [3.8, 4) is 5.69 Å². The molecule has 8 heteroatoms. The Hall–Kier alpha value is -3.55. The maximum Gasteiger partial charge on any atom is 0.332 e. The molecule has 26 heavy (non-hydrogen) atoms. The fourth-order valence-corrected chi connectivity index (χ4v) is 3.29. The van der Waals surface area contributed by atoms with Crippen molar-refractivity contribution in [2.45, 2.75) is 13.5 Å². The van der Waals surface area contributed by atoms with Crippen molar-refractivity contribution in [3.05, 3.63) is 69.6 Å². The Bertz CT molecular complexity index is 1300. The summed E-state index contributed by atoms with van der Waals surface area (Å²) in [6.07, 6.45) is 3.34. The minimum absolute atomic E-state index is 0.139. The normalized spacial score (nSPS) is 11.5. The molecule has 0 amide bonds. The van der Waals surface area contributed by atoms with E-state index in [1.807, 2.05) is 35.9 Å². The fourth-order valence-electron chi connectivity index (χ4n) is 3.29.